The molecule has 20 heavy (non-hydrogen) atoms. The van der Waals surface area contributed by atoms with E-state index in [9.17, 15) is 4.79 Å². The topological polar surface area (TPSA) is 86.7 Å². The first-order valence-corrected chi connectivity index (χ1v) is 7.96. The molecule has 7 nitrogen and oxygen atoms in total. The van der Waals surface area contributed by atoms with Crippen LogP contribution < -0.4 is 5.56 Å². The van der Waals surface area contributed by atoms with Crippen molar-refractivity contribution in [2.75, 3.05) is 6.26 Å². The SMILES string of the molecule is CCc1nnc(Cn2cnc3nc(SC)sc3c2=O)o1. The molecule has 0 fully saturated rings. The average Bonchev–Trinajstić information content (AvgIpc) is 3.08. The molecule has 0 unspecified atom stereocenters. The zero-order valence-corrected chi connectivity index (χ0v) is 12.5. The molecule has 0 spiro atoms. The number of aryl methyl sites for hydroxylation is 1. The first-order chi connectivity index (χ1) is 9.71. The van der Waals surface area contributed by atoms with Crippen LogP contribution in [-0.2, 0) is 13.0 Å². The van der Waals surface area contributed by atoms with Crippen LogP contribution in [0.2, 0.25) is 0 Å². The molecular weight excluding hydrogens is 298 g/mol. The van der Waals surface area contributed by atoms with Crippen LogP contribution in [0.4, 0.5) is 0 Å². The summed E-state index contributed by atoms with van der Waals surface area (Å²) < 4.78 is 8.24. The smallest absolute Gasteiger partial charge is 0.273 e. The van der Waals surface area contributed by atoms with Crippen LogP contribution in [0, 0.1) is 0 Å². The first kappa shape index (κ1) is 13.3. The molecule has 3 aromatic rings. The lowest BCUT2D eigenvalue weighted by Crippen LogP contribution is -2.20. The van der Waals surface area contributed by atoms with Gasteiger partial charge in [0.1, 0.15) is 17.6 Å². The lowest BCUT2D eigenvalue weighted by Gasteiger charge is -2.00. The van der Waals surface area contributed by atoms with E-state index in [2.05, 4.69) is 20.2 Å². The van der Waals surface area contributed by atoms with Crippen LogP contribution in [0.15, 0.2) is 19.9 Å². The lowest BCUT2D eigenvalue weighted by molar-refractivity contribution is 0.439. The second-order valence-electron chi connectivity index (χ2n) is 3.96. The quantitative estimate of drug-likeness (QED) is 0.676. The first-order valence-electron chi connectivity index (χ1n) is 5.92. The molecule has 0 aliphatic rings. The Hall–Kier alpha value is -1.74. The summed E-state index contributed by atoms with van der Waals surface area (Å²) in [5.74, 6) is 0.962. The Morgan fingerprint density at radius 3 is 2.90 bits per heavy atom. The summed E-state index contributed by atoms with van der Waals surface area (Å²) in [4.78, 5) is 20.8. The van der Waals surface area contributed by atoms with E-state index in [0.29, 0.717) is 28.5 Å². The monoisotopic (exact) mass is 309 g/mol. The van der Waals surface area contributed by atoms with Gasteiger partial charge in [-0.05, 0) is 6.26 Å². The molecule has 3 heterocycles. The molecule has 104 valence electrons. The Kier molecular flexibility index (Phi) is 3.53. The van der Waals surface area contributed by atoms with Crippen molar-refractivity contribution in [3.05, 3.63) is 28.5 Å². The van der Waals surface area contributed by atoms with Crippen molar-refractivity contribution < 1.29 is 4.42 Å². The summed E-state index contributed by atoms with van der Waals surface area (Å²) in [6.07, 6.45) is 4.05. The van der Waals surface area contributed by atoms with Crippen molar-refractivity contribution in [1.29, 1.82) is 0 Å². The van der Waals surface area contributed by atoms with Gasteiger partial charge >= 0.3 is 0 Å². The number of thiazole rings is 1. The molecule has 0 aromatic carbocycles. The van der Waals surface area contributed by atoms with Crippen molar-refractivity contribution in [2.24, 2.45) is 0 Å². The molecule has 0 amide bonds. The minimum atomic E-state index is -0.135. The number of nitrogens with zero attached hydrogens (tertiary/aromatic N) is 5. The molecular formula is C11H11N5O2S2. The number of fused-ring (bicyclic) bond motifs is 1. The molecule has 0 aliphatic heterocycles. The van der Waals surface area contributed by atoms with E-state index >= 15 is 0 Å². The molecule has 0 saturated carbocycles. The fourth-order valence-corrected chi connectivity index (χ4v) is 3.13. The maximum absolute atomic E-state index is 12.3. The van der Waals surface area contributed by atoms with Crippen LogP contribution in [-0.4, -0.2) is 31.0 Å². The van der Waals surface area contributed by atoms with Gasteiger partial charge in [0.2, 0.25) is 11.8 Å². The molecule has 0 aliphatic carbocycles. The highest BCUT2D eigenvalue weighted by molar-refractivity contribution is 8.00. The van der Waals surface area contributed by atoms with Gasteiger partial charge in [0, 0.05) is 6.42 Å². The standard InChI is InChI=1S/C11H11N5O2S2/c1-3-6-14-15-7(18-6)4-16-5-12-9-8(10(16)17)20-11(13-9)19-2/h5H,3-4H2,1-2H3. The van der Waals surface area contributed by atoms with Crippen LogP contribution in [0.25, 0.3) is 10.3 Å². The predicted octanol–water partition coefficient (Wildman–Crippen LogP) is 1.57. The fourth-order valence-electron chi connectivity index (χ4n) is 1.67. The van der Waals surface area contributed by atoms with Gasteiger partial charge in [-0.25, -0.2) is 9.97 Å². The van der Waals surface area contributed by atoms with Crippen LogP contribution in [0.5, 0.6) is 0 Å². The summed E-state index contributed by atoms with van der Waals surface area (Å²) >= 11 is 2.85. The van der Waals surface area contributed by atoms with E-state index in [1.54, 1.807) is 0 Å². The van der Waals surface area contributed by atoms with Crippen molar-refractivity contribution in [2.45, 2.75) is 24.2 Å². The highest BCUT2D eigenvalue weighted by atomic mass is 32.2. The molecule has 3 rings (SSSR count). The molecule has 0 atom stereocenters. The molecule has 0 N–H and O–H groups in total. The van der Waals surface area contributed by atoms with Crippen molar-refractivity contribution >= 4 is 33.4 Å². The Morgan fingerprint density at radius 2 is 2.20 bits per heavy atom. The summed E-state index contributed by atoms with van der Waals surface area (Å²) in [6.45, 7) is 2.15. The third-order valence-electron chi connectivity index (χ3n) is 2.66. The Balaban J connectivity index is 1.99. The van der Waals surface area contributed by atoms with E-state index in [4.69, 9.17) is 4.42 Å². The lowest BCUT2D eigenvalue weighted by atomic mass is 10.5. The van der Waals surface area contributed by atoms with Gasteiger partial charge in [-0.1, -0.05) is 18.7 Å². The van der Waals surface area contributed by atoms with Gasteiger partial charge in [0.15, 0.2) is 9.99 Å². The summed E-state index contributed by atoms with van der Waals surface area (Å²) in [5, 5.41) is 7.78. The molecule has 0 saturated heterocycles. The van der Waals surface area contributed by atoms with E-state index < -0.39 is 0 Å². The third kappa shape index (κ3) is 2.34. The van der Waals surface area contributed by atoms with Crippen LogP contribution in [0.1, 0.15) is 18.7 Å². The Morgan fingerprint density at radius 1 is 1.40 bits per heavy atom. The van der Waals surface area contributed by atoms with Gasteiger partial charge in [-0.3, -0.25) is 9.36 Å². The summed E-state index contributed by atoms with van der Waals surface area (Å²) in [5.41, 5.74) is 0.351. The van der Waals surface area contributed by atoms with Gasteiger partial charge in [-0.2, -0.15) is 0 Å². The fraction of sp³-hybridized carbons (Fsp3) is 0.364. The number of rotatable bonds is 4. The summed E-state index contributed by atoms with van der Waals surface area (Å²) in [7, 11) is 0. The number of aromatic nitrogens is 5. The van der Waals surface area contributed by atoms with E-state index in [-0.39, 0.29) is 12.1 Å². The third-order valence-corrected chi connectivity index (χ3v) is 4.67. The summed E-state index contributed by atoms with van der Waals surface area (Å²) in [6, 6.07) is 0. The zero-order valence-electron chi connectivity index (χ0n) is 10.9. The number of hydrogen-bond donors (Lipinski definition) is 0. The van der Waals surface area contributed by atoms with E-state index in [0.717, 1.165) is 4.34 Å². The molecule has 3 aromatic heterocycles. The van der Waals surface area contributed by atoms with Gasteiger partial charge in [-0.15, -0.1) is 21.5 Å². The second-order valence-corrected chi connectivity index (χ2v) is 6.01. The van der Waals surface area contributed by atoms with Crippen molar-refractivity contribution in [3.63, 3.8) is 0 Å². The Bertz CT molecular complexity index is 807. The van der Waals surface area contributed by atoms with Crippen LogP contribution >= 0.6 is 23.1 Å². The zero-order chi connectivity index (χ0) is 14.1. The highest BCUT2D eigenvalue weighted by Crippen LogP contribution is 2.24. The highest BCUT2D eigenvalue weighted by Gasteiger charge is 2.12. The normalized spacial score (nSPS) is 11.3. The van der Waals surface area contributed by atoms with Gasteiger partial charge in [0.25, 0.3) is 5.56 Å². The van der Waals surface area contributed by atoms with Crippen molar-refractivity contribution in [3.8, 4) is 0 Å². The second kappa shape index (κ2) is 5.33. The average molecular weight is 309 g/mol. The van der Waals surface area contributed by atoms with Gasteiger partial charge in [0.05, 0.1) is 0 Å². The molecule has 0 bridgehead atoms. The number of hydrogen-bond acceptors (Lipinski definition) is 8. The van der Waals surface area contributed by atoms with Gasteiger partial charge < -0.3 is 4.42 Å². The minimum absolute atomic E-state index is 0.135. The maximum atomic E-state index is 12.3. The van der Waals surface area contributed by atoms with Crippen molar-refractivity contribution in [1.82, 2.24) is 24.7 Å². The molecule has 9 heteroatoms. The van der Waals surface area contributed by atoms with Crippen LogP contribution in [0.3, 0.4) is 0 Å². The number of thioether (sulfide) groups is 1. The minimum Gasteiger partial charge on any atom is -0.423 e. The van der Waals surface area contributed by atoms with E-state index in [1.165, 1.54) is 34.0 Å². The Labute approximate surface area is 122 Å². The largest absolute Gasteiger partial charge is 0.423 e. The predicted molar refractivity (Wildman–Crippen MR) is 76.2 cm³/mol. The maximum Gasteiger partial charge on any atom is 0.273 e. The molecule has 0 radical (unpaired) electrons. The van der Waals surface area contributed by atoms with E-state index in [1.807, 2.05) is 13.2 Å².